The molecule has 3 aromatic rings. The third-order valence-electron chi connectivity index (χ3n) is 2.66. The smallest absolute Gasteiger partial charge is 0.338 e. The van der Waals surface area contributed by atoms with Crippen molar-refractivity contribution in [2.45, 2.75) is 0 Å². The summed E-state index contributed by atoms with van der Waals surface area (Å²) < 4.78 is 13.5. The van der Waals surface area contributed by atoms with Gasteiger partial charge >= 0.3 is 5.97 Å². The number of aromatic carboxylic acids is 1. The first-order chi connectivity index (χ1) is 9.15. The van der Waals surface area contributed by atoms with Gasteiger partial charge in [-0.2, -0.15) is 10.2 Å². The van der Waals surface area contributed by atoms with Gasteiger partial charge in [0.2, 0.25) is 0 Å². The molecule has 0 saturated carbocycles. The monoisotopic (exact) mass is 258 g/mol. The van der Waals surface area contributed by atoms with E-state index < -0.39 is 17.3 Å². The van der Waals surface area contributed by atoms with Crippen LogP contribution in [0.3, 0.4) is 0 Å². The SMILES string of the molecule is O=C(O)c1cc2nc(-c3ccnnc3)[nH]c2cc1F. The molecule has 7 heteroatoms. The van der Waals surface area contributed by atoms with E-state index in [4.69, 9.17) is 5.11 Å². The van der Waals surface area contributed by atoms with E-state index in [-0.39, 0.29) is 0 Å². The number of hydrogen-bond acceptors (Lipinski definition) is 4. The van der Waals surface area contributed by atoms with Crippen molar-refractivity contribution in [1.82, 2.24) is 20.2 Å². The lowest BCUT2D eigenvalue weighted by atomic mass is 10.2. The zero-order chi connectivity index (χ0) is 13.4. The Balaban J connectivity index is 2.19. The number of halogens is 1. The number of carbonyl (C=O) groups is 1. The van der Waals surface area contributed by atoms with Crippen molar-refractivity contribution in [3.05, 3.63) is 42.0 Å². The second kappa shape index (κ2) is 4.13. The molecule has 0 aliphatic carbocycles. The summed E-state index contributed by atoms with van der Waals surface area (Å²) in [6.07, 6.45) is 3.01. The maximum absolute atomic E-state index is 13.5. The zero-order valence-corrected chi connectivity index (χ0v) is 9.46. The molecule has 0 saturated heterocycles. The third-order valence-corrected chi connectivity index (χ3v) is 2.66. The first-order valence-corrected chi connectivity index (χ1v) is 5.35. The summed E-state index contributed by atoms with van der Waals surface area (Å²) in [4.78, 5) is 18.0. The Labute approximate surface area is 105 Å². The summed E-state index contributed by atoms with van der Waals surface area (Å²) in [5, 5.41) is 16.2. The van der Waals surface area contributed by atoms with Crippen LogP contribution in [0.25, 0.3) is 22.4 Å². The Kier molecular flexibility index (Phi) is 2.45. The minimum Gasteiger partial charge on any atom is -0.478 e. The average molecular weight is 258 g/mol. The first kappa shape index (κ1) is 11.3. The average Bonchev–Trinajstić information content (AvgIpc) is 2.81. The molecule has 0 unspecified atom stereocenters. The highest BCUT2D eigenvalue weighted by Gasteiger charge is 2.14. The number of nitrogens with zero attached hydrogens (tertiary/aromatic N) is 3. The first-order valence-electron chi connectivity index (χ1n) is 5.35. The van der Waals surface area contributed by atoms with Crippen LogP contribution in [0, 0.1) is 5.82 Å². The molecule has 2 heterocycles. The molecule has 2 aromatic heterocycles. The van der Waals surface area contributed by atoms with E-state index in [1.807, 2.05) is 0 Å². The number of carboxylic acid groups (broad SMARTS) is 1. The number of rotatable bonds is 2. The molecule has 0 fully saturated rings. The van der Waals surface area contributed by atoms with Crippen LogP contribution < -0.4 is 0 Å². The molecule has 1 aromatic carbocycles. The number of carboxylic acids is 1. The van der Waals surface area contributed by atoms with Crippen LogP contribution in [0.2, 0.25) is 0 Å². The summed E-state index contributed by atoms with van der Waals surface area (Å²) in [6.45, 7) is 0. The Morgan fingerprint density at radius 2 is 2.16 bits per heavy atom. The van der Waals surface area contributed by atoms with Gasteiger partial charge in [-0.05, 0) is 12.1 Å². The Morgan fingerprint density at radius 1 is 1.32 bits per heavy atom. The number of hydrogen-bond donors (Lipinski definition) is 2. The Hall–Kier alpha value is -2.83. The van der Waals surface area contributed by atoms with E-state index in [2.05, 4.69) is 20.2 Å². The summed E-state index contributed by atoms with van der Waals surface area (Å²) >= 11 is 0. The van der Waals surface area contributed by atoms with Crippen molar-refractivity contribution in [1.29, 1.82) is 0 Å². The van der Waals surface area contributed by atoms with E-state index in [1.165, 1.54) is 18.5 Å². The quantitative estimate of drug-likeness (QED) is 0.731. The van der Waals surface area contributed by atoms with E-state index >= 15 is 0 Å². The van der Waals surface area contributed by atoms with Gasteiger partial charge in [0.15, 0.2) is 0 Å². The second-order valence-electron chi connectivity index (χ2n) is 3.87. The van der Waals surface area contributed by atoms with E-state index in [1.54, 1.807) is 6.07 Å². The van der Waals surface area contributed by atoms with Crippen LogP contribution in [-0.2, 0) is 0 Å². The Morgan fingerprint density at radius 3 is 2.84 bits per heavy atom. The predicted molar refractivity (Wildman–Crippen MR) is 64.0 cm³/mol. The lowest BCUT2D eigenvalue weighted by Gasteiger charge is -1.95. The third kappa shape index (κ3) is 1.90. The lowest BCUT2D eigenvalue weighted by Crippen LogP contribution is -1.99. The number of H-pyrrole nitrogens is 1. The fraction of sp³-hybridized carbons (Fsp3) is 0. The lowest BCUT2D eigenvalue weighted by molar-refractivity contribution is 0.0692. The van der Waals surface area contributed by atoms with Gasteiger partial charge in [-0.1, -0.05) is 0 Å². The minimum atomic E-state index is -1.32. The maximum atomic E-state index is 13.5. The molecule has 2 N–H and O–H groups in total. The van der Waals surface area contributed by atoms with Crippen LogP contribution >= 0.6 is 0 Å². The van der Waals surface area contributed by atoms with Gasteiger partial charge in [0.1, 0.15) is 11.6 Å². The summed E-state index contributed by atoms with van der Waals surface area (Å²) in [7, 11) is 0. The highest BCUT2D eigenvalue weighted by molar-refractivity contribution is 5.93. The highest BCUT2D eigenvalue weighted by atomic mass is 19.1. The Bertz CT molecular complexity index is 770. The van der Waals surface area contributed by atoms with E-state index in [0.29, 0.717) is 22.4 Å². The van der Waals surface area contributed by atoms with Gasteiger partial charge in [-0.15, -0.1) is 0 Å². The van der Waals surface area contributed by atoms with Gasteiger partial charge in [-0.25, -0.2) is 14.2 Å². The van der Waals surface area contributed by atoms with Gasteiger partial charge < -0.3 is 10.1 Å². The number of aromatic amines is 1. The molecule has 0 aliphatic heterocycles. The maximum Gasteiger partial charge on any atom is 0.338 e. The fourth-order valence-electron chi connectivity index (χ4n) is 1.76. The summed E-state index contributed by atoms with van der Waals surface area (Å²) in [5.74, 6) is -1.65. The molecule has 0 radical (unpaired) electrons. The molecule has 0 atom stereocenters. The van der Waals surface area contributed by atoms with Gasteiger partial charge in [0.05, 0.1) is 29.0 Å². The molecule has 3 rings (SSSR count). The molecular weight excluding hydrogens is 251 g/mol. The number of imidazole rings is 1. The molecule has 0 aliphatic rings. The normalized spacial score (nSPS) is 10.8. The molecule has 6 nitrogen and oxygen atoms in total. The van der Waals surface area contributed by atoms with Crippen molar-refractivity contribution in [3.63, 3.8) is 0 Å². The summed E-state index contributed by atoms with van der Waals surface area (Å²) in [5.41, 5.74) is 1.09. The number of benzene rings is 1. The van der Waals surface area contributed by atoms with E-state index in [0.717, 1.165) is 6.07 Å². The van der Waals surface area contributed by atoms with Crippen LogP contribution in [0.15, 0.2) is 30.6 Å². The molecule has 0 bridgehead atoms. The van der Waals surface area contributed by atoms with E-state index in [9.17, 15) is 9.18 Å². The van der Waals surface area contributed by atoms with Crippen molar-refractivity contribution < 1.29 is 14.3 Å². The molecule has 0 amide bonds. The van der Waals surface area contributed by atoms with Gasteiger partial charge in [-0.3, -0.25) is 0 Å². The van der Waals surface area contributed by atoms with Crippen molar-refractivity contribution in [2.24, 2.45) is 0 Å². The predicted octanol–water partition coefficient (Wildman–Crippen LogP) is 1.86. The van der Waals surface area contributed by atoms with Crippen molar-refractivity contribution in [3.8, 4) is 11.4 Å². The number of aromatic nitrogens is 4. The second-order valence-corrected chi connectivity index (χ2v) is 3.87. The number of fused-ring (bicyclic) bond motifs is 1. The van der Waals surface area contributed by atoms with Crippen LogP contribution in [0.4, 0.5) is 4.39 Å². The molecule has 0 spiro atoms. The topological polar surface area (TPSA) is 91.8 Å². The summed E-state index contributed by atoms with van der Waals surface area (Å²) in [6, 6.07) is 4.00. The van der Waals surface area contributed by atoms with Crippen LogP contribution in [0.5, 0.6) is 0 Å². The molecular formula is C12H7FN4O2. The van der Waals surface area contributed by atoms with Crippen LogP contribution in [-0.4, -0.2) is 31.2 Å². The molecule has 94 valence electrons. The van der Waals surface area contributed by atoms with Crippen molar-refractivity contribution >= 4 is 17.0 Å². The van der Waals surface area contributed by atoms with Gasteiger partial charge in [0.25, 0.3) is 0 Å². The van der Waals surface area contributed by atoms with Crippen LogP contribution in [0.1, 0.15) is 10.4 Å². The fourth-order valence-corrected chi connectivity index (χ4v) is 1.76. The van der Waals surface area contributed by atoms with Gasteiger partial charge in [0, 0.05) is 11.6 Å². The largest absolute Gasteiger partial charge is 0.478 e. The van der Waals surface area contributed by atoms with Crippen molar-refractivity contribution in [2.75, 3.05) is 0 Å². The zero-order valence-electron chi connectivity index (χ0n) is 9.46. The standard InChI is InChI=1S/C12H7FN4O2/c13-8-4-10-9(3-7(8)12(18)19)16-11(17-10)6-1-2-14-15-5-6/h1-5H,(H,16,17)(H,18,19). The highest BCUT2D eigenvalue weighted by Crippen LogP contribution is 2.22. The molecule has 19 heavy (non-hydrogen) atoms. The number of nitrogens with one attached hydrogen (secondary N) is 1. The minimum absolute atomic E-state index is 0.380.